The second-order valence-corrected chi connectivity index (χ2v) is 4.69. The molecule has 15 heavy (non-hydrogen) atoms. The Labute approximate surface area is 94.5 Å². The van der Waals surface area contributed by atoms with Crippen LogP contribution in [0.3, 0.4) is 0 Å². The molecule has 1 aromatic heterocycles. The summed E-state index contributed by atoms with van der Waals surface area (Å²) in [5.41, 5.74) is 3.04. The molecule has 0 amide bonds. The van der Waals surface area contributed by atoms with Gasteiger partial charge in [-0.2, -0.15) is 0 Å². The van der Waals surface area contributed by atoms with Gasteiger partial charge in [0.1, 0.15) is 0 Å². The summed E-state index contributed by atoms with van der Waals surface area (Å²) in [7, 11) is 2.12. The standard InChI is InChI=1S/C14H25N/c1-5-7-9-13(8-6-2)14-11-15(4)10-12(14)3/h10-11,13H,5-9H2,1-4H3. The van der Waals surface area contributed by atoms with E-state index in [0.29, 0.717) is 0 Å². The van der Waals surface area contributed by atoms with Gasteiger partial charge in [0.15, 0.2) is 0 Å². The van der Waals surface area contributed by atoms with Crippen molar-refractivity contribution < 1.29 is 0 Å². The van der Waals surface area contributed by atoms with E-state index in [1.807, 2.05) is 0 Å². The fraction of sp³-hybridized carbons (Fsp3) is 0.714. The minimum Gasteiger partial charge on any atom is -0.357 e. The molecule has 0 N–H and O–H groups in total. The summed E-state index contributed by atoms with van der Waals surface area (Å²) in [5, 5.41) is 0. The van der Waals surface area contributed by atoms with E-state index >= 15 is 0 Å². The highest BCUT2D eigenvalue weighted by molar-refractivity contribution is 5.26. The van der Waals surface area contributed by atoms with Crippen LogP contribution in [-0.2, 0) is 7.05 Å². The highest BCUT2D eigenvalue weighted by atomic mass is 14.9. The summed E-state index contributed by atoms with van der Waals surface area (Å²) in [6, 6.07) is 0. The first-order valence-electron chi connectivity index (χ1n) is 6.31. The van der Waals surface area contributed by atoms with Crippen molar-refractivity contribution in [1.82, 2.24) is 4.57 Å². The van der Waals surface area contributed by atoms with Gasteiger partial charge in [-0.1, -0.05) is 33.1 Å². The van der Waals surface area contributed by atoms with Crippen molar-refractivity contribution >= 4 is 0 Å². The zero-order valence-electron chi connectivity index (χ0n) is 10.7. The largest absolute Gasteiger partial charge is 0.357 e. The van der Waals surface area contributed by atoms with Crippen molar-refractivity contribution in [1.29, 1.82) is 0 Å². The Balaban J connectivity index is 2.73. The molecule has 1 heterocycles. The van der Waals surface area contributed by atoms with E-state index in [1.165, 1.54) is 37.7 Å². The van der Waals surface area contributed by atoms with Crippen LogP contribution in [0.15, 0.2) is 12.4 Å². The van der Waals surface area contributed by atoms with Crippen molar-refractivity contribution in [2.24, 2.45) is 7.05 Å². The van der Waals surface area contributed by atoms with Crippen LogP contribution >= 0.6 is 0 Å². The summed E-state index contributed by atoms with van der Waals surface area (Å²) in [6.07, 6.45) is 11.2. The van der Waals surface area contributed by atoms with E-state index in [2.05, 4.69) is 44.8 Å². The normalized spacial score (nSPS) is 13.1. The second-order valence-electron chi connectivity index (χ2n) is 4.69. The number of rotatable bonds is 6. The molecule has 1 nitrogen and oxygen atoms in total. The van der Waals surface area contributed by atoms with E-state index in [-0.39, 0.29) is 0 Å². The molecular weight excluding hydrogens is 182 g/mol. The Morgan fingerprint density at radius 2 is 1.87 bits per heavy atom. The summed E-state index contributed by atoms with van der Waals surface area (Å²) >= 11 is 0. The second kappa shape index (κ2) is 5.99. The van der Waals surface area contributed by atoms with Crippen molar-refractivity contribution in [3.05, 3.63) is 23.5 Å². The maximum Gasteiger partial charge on any atom is 0.0106 e. The van der Waals surface area contributed by atoms with Crippen LogP contribution < -0.4 is 0 Å². The molecule has 0 spiro atoms. The fourth-order valence-corrected chi connectivity index (χ4v) is 2.42. The molecule has 0 aliphatic heterocycles. The lowest BCUT2D eigenvalue weighted by atomic mass is 9.89. The van der Waals surface area contributed by atoms with Gasteiger partial charge in [0.2, 0.25) is 0 Å². The van der Waals surface area contributed by atoms with Crippen LogP contribution in [0, 0.1) is 6.92 Å². The van der Waals surface area contributed by atoms with Crippen molar-refractivity contribution in [3.63, 3.8) is 0 Å². The molecule has 0 fully saturated rings. The average molecular weight is 207 g/mol. The lowest BCUT2D eigenvalue weighted by Gasteiger charge is -2.15. The van der Waals surface area contributed by atoms with Crippen molar-refractivity contribution in [2.45, 2.75) is 58.8 Å². The highest BCUT2D eigenvalue weighted by Crippen LogP contribution is 2.29. The first-order valence-corrected chi connectivity index (χ1v) is 6.31. The molecular formula is C14H25N. The molecule has 0 aliphatic rings. The Bertz CT molecular complexity index is 286. The van der Waals surface area contributed by atoms with Crippen LogP contribution in [0.1, 0.15) is 63.0 Å². The van der Waals surface area contributed by atoms with Gasteiger partial charge >= 0.3 is 0 Å². The molecule has 0 radical (unpaired) electrons. The van der Waals surface area contributed by atoms with E-state index in [0.717, 1.165) is 5.92 Å². The van der Waals surface area contributed by atoms with E-state index in [4.69, 9.17) is 0 Å². The van der Waals surface area contributed by atoms with E-state index in [9.17, 15) is 0 Å². The first-order chi connectivity index (χ1) is 7.19. The Morgan fingerprint density at radius 1 is 1.13 bits per heavy atom. The van der Waals surface area contributed by atoms with Crippen LogP contribution in [0.2, 0.25) is 0 Å². The molecule has 1 aromatic rings. The van der Waals surface area contributed by atoms with E-state index < -0.39 is 0 Å². The quantitative estimate of drug-likeness (QED) is 0.651. The molecule has 1 rings (SSSR count). The Morgan fingerprint density at radius 3 is 2.33 bits per heavy atom. The van der Waals surface area contributed by atoms with E-state index in [1.54, 1.807) is 5.56 Å². The van der Waals surface area contributed by atoms with Gasteiger partial charge in [-0.15, -0.1) is 0 Å². The zero-order chi connectivity index (χ0) is 11.3. The summed E-state index contributed by atoms with van der Waals surface area (Å²) in [5.74, 6) is 0.788. The predicted molar refractivity (Wildman–Crippen MR) is 67.3 cm³/mol. The minimum absolute atomic E-state index is 0.788. The summed E-state index contributed by atoms with van der Waals surface area (Å²) in [6.45, 7) is 6.81. The predicted octanol–water partition coefficient (Wildman–Crippen LogP) is 4.41. The lowest BCUT2D eigenvalue weighted by molar-refractivity contribution is 0.539. The van der Waals surface area contributed by atoms with Crippen LogP contribution in [0.5, 0.6) is 0 Å². The van der Waals surface area contributed by atoms with Crippen LogP contribution in [0.4, 0.5) is 0 Å². The SMILES string of the molecule is CCCCC(CCC)c1cn(C)cc1C. The minimum atomic E-state index is 0.788. The number of hydrogen-bond donors (Lipinski definition) is 0. The topological polar surface area (TPSA) is 4.93 Å². The van der Waals surface area contributed by atoms with Crippen LogP contribution in [0.25, 0.3) is 0 Å². The number of nitrogens with zero attached hydrogens (tertiary/aromatic N) is 1. The third-order valence-electron chi connectivity index (χ3n) is 3.18. The smallest absolute Gasteiger partial charge is 0.0106 e. The van der Waals surface area contributed by atoms with Gasteiger partial charge in [-0.05, 0) is 36.8 Å². The van der Waals surface area contributed by atoms with Gasteiger partial charge in [-0.3, -0.25) is 0 Å². The average Bonchev–Trinajstić information content (AvgIpc) is 2.52. The number of aromatic nitrogens is 1. The maximum atomic E-state index is 2.31. The van der Waals surface area contributed by atoms with Gasteiger partial charge in [0.05, 0.1) is 0 Å². The number of unbranched alkanes of at least 4 members (excludes halogenated alkanes) is 1. The molecule has 0 saturated carbocycles. The third kappa shape index (κ3) is 3.40. The number of hydrogen-bond acceptors (Lipinski definition) is 0. The molecule has 0 aliphatic carbocycles. The van der Waals surface area contributed by atoms with Crippen molar-refractivity contribution in [2.75, 3.05) is 0 Å². The summed E-state index contributed by atoms with van der Waals surface area (Å²) < 4.78 is 2.19. The Hall–Kier alpha value is -0.720. The third-order valence-corrected chi connectivity index (χ3v) is 3.18. The number of aryl methyl sites for hydroxylation is 2. The van der Waals surface area contributed by atoms with Gasteiger partial charge in [0, 0.05) is 19.4 Å². The molecule has 1 atom stereocenters. The van der Waals surface area contributed by atoms with Crippen LogP contribution in [-0.4, -0.2) is 4.57 Å². The molecule has 1 heteroatoms. The summed E-state index contributed by atoms with van der Waals surface area (Å²) in [4.78, 5) is 0. The monoisotopic (exact) mass is 207 g/mol. The molecule has 0 bridgehead atoms. The van der Waals surface area contributed by atoms with Gasteiger partial charge in [-0.25, -0.2) is 0 Å². The first kappa shape index (κ1) is 12.4. The molecule has 1 unspecified atom stereocenters. The van der Waals surface area contributed by atoms with Gasteiger partial charge in [0.25, 0.3) is 0 Å². The molecule has 86 valence electrons. The zero-order valence-corrected chi connectivity index (χ0v) is 10.7. The fourth-order valence-electron chi connectivity index (χ4n) is 2.42. The molecule has 0 saturated heterocycles. The molecule has 0 aromatic carbocycles. The Kier molecular flexibility index (Phi) is 4.93. The lowest BCUT2D eigenvalue weighted by Crippen LogP contribution is -1.99. The maximum absolute atomic E-state index is 2.31. The van der Waals surface area contributed by atoms with Crippen molar-refractivity contribution in [3.8, 4) is 0 Å². The highest BCUT2D eigenvalue weighted by Gasteiger charge is 2.13. The van der Waals surface area contributed by atoms with Gasteiger partial charge < -0.3 is 4.57 Å².